The fourth-order valence-electron chi connectivity index (χ4n) is 3.42. The number of rotatable bonds is 4. The van der Waals surface area contributed by atoms with E-state index in [9.17, 15) is 22.8 Å². The van der Waals surface area contributed by atoms with Crippen molar-refractivity contribution in [3.8, 4) is 10.6 Å². The largest absolute Gasteiger partial charge is 0.416 e. The summed E-state index contributed by atoms with van der Waals surface area (Å²) in [6.45, 7) is 0.301. The number of likely N-dealkylation sites (tertiary alicyclic amines) is 1. The smallest absolute Gasteiger partial charge is 0.312 e. The average Bonchev–Trinajstić information content (AvgIpc) is 3.44. The monoisotopic (exact) mass is 495 g/mol. The van der Waals surface area contributed by atoms with E-state index in [0.717, 1.165) is 17.7 Å². The molecule has 3 aromatic rings. The van der Waals surface area contributed by atoms with Gasteiger partial charge in [0.2, 0.25) is 11.0 Å². The molecule has 4 rings (SSSR count). The number of carbonyl (C=O) groups is 2. The van der Waals surface area contributed by atoms with Crippen molar-refractivity contribution < 1.29 is 22.8 Å². The molecule has 33 heavy (non-hydrogen) atoms. The Hall–Kier alpha value is -3.18. The molecule has 7 nitrogen and oxygen atoms in total. The highest BCUT2D eigenvalue weighted by Gasteiger charge is 2.35. The number of nitrogens with one attached hydrogen (secondary N) is 2. The fraction of sp³-hybridized carbons (Fsp3) is 0.238. The van der Waals surface area contributed by atoms with Crippen LogP contribution in [0.15, 0.2) is 48.5 Å². The Morgan fingerprint density at radius 1 is 1.09 bits per heavy atom. The first kappa shape index (κ1) is 23.0. The van der Waals surface area contributed by atoms with Gasteiger partial charge < -0.3 is 10.2 Å². The van der Waals surface area contributed by atoms with Gasteiger partial charge in [-0.25, -0.2) is 4.79 Å². The van der Waals surface area contributed by atoms with E-state index < -0.39 is 29.7 Å². The van der Waals surface area contributed by atoms with Crippen molar-refractivity contribution in [2.75, 3.05) is 17.2 Å². The van der Waals surface area contributed by atoms with Crippen LogP contribution in [0.2, 0.25) is 5.02 Å². The quantitative estimate of drug-likeness (QED) is 0.499. The van der Waals surface area contributed by atoms with Crippen LogP contribution in [0.4, 0.5) is 28.8 Å². The van der Waals surface area contributed by atoms with Crippen molar-refractivity contribution in [3.63, 3.8) is 0 Å². The number of hydrogen-bond acceptors (Lipinski definition) is 5. The van der Waals surface area contributed by atoms with E-state index in [1.165, 1.54) is 28.4 Å². The summed E-state index contributed by atoms with van der Waals surface area (Å²) < 4.78 is 38.8. The van der Waals surface area contributed by atoms with Gasteiger partial charge in [0, 0.05) is 22.8 Å². The minimum Gasteiger partial charge on any atom is -0.312 e. The maximum Gasteiger partial charge on any atom is 0.416 e. The Morgan fingerprint density at radius 2 is 1.85 bits per heavy atom. The van der Waals surface area contributed by atoms with Crippen LogP contribution in [0.5, 0.6) is 0 Å². The SMILES string of the molecule is O=C(Nc1nnc(-c2ccc(Cl)cc2)s1)C1CCCN1C(=O)Nc1cccc(C(F)(F)F)c1. The standard InChI is InChI=1S/C21H17ClF3N5O2S/c22-14-8-6-12(7-9-14)18-28-29-19(33-18)27-17(31)16-5-2-10-30(16)20(32)26-15-4-1-3-13(11-15)21(23,24)25/h1,3-4,6-9,11,16H,2,5,10H2,(H,26,32)(H,27,29,31). The number of anilines is 2. The predicted molar refractivity (Wildman–Crippen MR) is 119 cm³/mol. The van der Waals surface area contributed by atoms with Gasteiger partial charge in [0.05, 0.1) is 5.56 Å². The molecular weight excluding hydrogens is 479 g/mol. The predicted octanol–water partition coefficient (Wildman–Crippen LogP) is 5.51. The normalized spacial score (nSPS) is 16.0. The lowest BCUT2D eigenvalue weighted by molar-refractivity contribution is -0.137. The second-order valence-electron chi connectivity index (χ2n) is 7.27. The van der Waals surface area contributed by atoms with E-state index in [-0.39, 0.29) is 10.8 Å². The van der Waals surface area contributed by atoms with Crippen LogP contribution >= 0.6 is 22.9 Å². The van der Waals surface area contributed by atoms with Crippen LogP contribution in [0.25, 0.3) is 10.6 Å². The molecule has 0 bridgehead atoms. The van der Waals surface area contributed by atoms with Crippen LogP contribution in [0.1, 0.15) is 18.4 Å². The number of hydrogen-bond donors (Lipinski definition) is 2. The van der Waals surface area contributed by atoms with Gasteiger partial charge >= 0.3 is 12.2 Å². The first-order chi connectivity index (χ1) is 15.7. The third-order valence-electron chi connectivity index (χ3n) is 5.00. The number of alkyl halides is 3. The lowest BCUT2D eigenvalue weighted by atomic mass is 10.2. The highest BCUT2D eigenvalue weighted by molar-refractivity contribution is 7.18. The summed E-state index contributed by atoms with van der Waals surface area (Å²) in [6, 6.07) is 9.91. The number of carbonyl (C=O) groups excluding carboxylic acids is 2. The molecular formula is C21H17ClF3N5O2S. The molecule has 2 aromatic carbocycles. The number of benzene rings is 2. The summed E-state index contributed by atoms with van der Waals surface area (Å²) >= 11 is 7.06. The molecule has 2 N–H and O–H groups in total. The number of urea groups is 1. The Morgan fingerprint density at radius 3 is 2.58 bits per heavy atom. The van der Waals surface area contributed by atoms with Gasteiger partial charge in [-0.05, 0) is 43.2 Å². The van der Waals surface area contributed by atoms with Gasteiger partial charge in [-0.1, -0.05) is 41.1 Å². The molecule has 1 aliphatic heterocycles. The molecule has 2 heterocycles. The van der Waals surface area contributed by atoms with Crippen LogP contribution in [-0.2, 0) is 11.0 Å². The van der Waals surface area contributed by atoms with E-state index >= 15 is 0 Å². The van der Waals surface area contributed by atoms with Crippen molar-refractivity contribution in [1.29, 1.82) is 0 Å². The molecule has 12 heteroatoms. The maximum absolute atomic E-state index is 12.9. The molecule has 0 radical (unpaired) electrons. The number of halogens is 4. The minimum atomic E-state index is -4.52. The molecule has 1 atom stereocenters. The zero-order valence-electron chi connectivity index (χ0n) is 16.9. The van der Waals surface area contributed by atoms with Crippen molar-refractivity contribution in [2.24, 2.45) is 0 Å². The summed E-state index contributed by atoms with van der Waals surface area (Å²) in [4.78, 5) is 26.8. The van der Waals surface area contributed by atoms with Gasteiger partial charge in [-0.15, -0.1) is 10.2 Å². The Labute approximate surface area is 195 Å². The van der Waals surface area contributed by atoms with Gasteiger partial charge in [0.1, 0.15) is 11.0 Å². The van der Waals surface area contributed by atoms with Crippen molar-refractivity contribution in [2.45, 2.75) is 25.1 Å². The van der Waals surface area contributed by atoms with Gasteiger partial charge in [-0.3, -0.25) is 10.1 Å². The van der Waals surface area contributed by atoms with E-state index in [1.807, 2.05) is 0 Å². The maximum atomic E-state index is 12.9. The molecule has 0 saturated carbocycles. The number of nitrogens with zero attached hydrogens (tertiary/aromatic N) is 3. The molecule has 0 aliphatic carbocycles. The first-order valence-electron chi connectivity index (χ1n) is 9.86. The second-order valence-corrected chi connectivity index (χ2v) is 8.68. The summed E-state index contributed by atoms with van der Waals surface area (Å²) in [5.74, 6) is -0.439. The molecule has 1 fully saturated rings. The van der Waals surface area contributed by atoms with Crippen LogP contribution in [0, 0.1) is 0 Å². The Kier molecular flexibility index (Phi) is 6.52. The highest BCUT2D eigenvalue weighted by atomic mass is 35.5. The van der Waals surface area contributed by atoms with E-state index in [2.05, 4.69) is 20.8 Å². The molecule has 0 spiro atoms. The van der Waals surface area contributed by atoms with Crippen molar-refractivity contribution in [3.05, 3.63) is 59.1 Å². The summed E-state index contributed by atoms with van der Waals surface area (Å²) in [5.41, 5.74) is -0.0817. The lowest BCUT2D eigenvalue weighted by Gasteiger charge is -2.24. The third-order valence-corrected chi connectivity index (χ3v) is 6.14. The molecule has 1 aromatic heterocycles. The number of aromatic nitrogens is 2. The van der Waals surface area contributed by atoms with Gasteiger partial charge in [-0.2, -0.15) is 13.2 Å². The molecule has 1 saturated heterocycles. The average molecular weight is 496 g/mol. The van der Waals surface area contributed by atoms with Crippen molar-refractivity contribution >= 4 is 45.7 Å². The molecule has 172 valence electrons. The second kappa shape index (κ2) is 9.36. The summed E-state index contributed by atoms with van der Waals surface area (Å²) in [5, 5.41) is 14.6. The summed E-state index contributed by atoms with van der Waals surface area (Å²) in [6.07, 6.45) is -3.52. The fourth-order valence-corrected chi connectivity index (χ4v) is 4.30. The highest BCUT2D eigenvalue weighted by Crippen LogP contribution is 2.31. The molecule has 1 aliphatic rings. The van der Waals surface area contributed by atoms with E-state index in [1.54, 1.807) is 24.3 Å². The van der Waals surface area contributed by atoms with Gasteiger partial charge in [0.15, 0.2) is 0 Å². The zero-order chi connectivity index (χ0) is 23.6. The first-order valence-corrected chi connectivity index (χ1v) is 11.1. The molecule has 1 unspecified atom stereocenters. The Bertz CT molecular complexity index is 1170. The Balaban J connectivity index is 1.41. The minimum absolute atomic E-state index is 0.00221. The van der Waals surface area contributed by atoms with Gasteiger partial charge in [0.25, 0.3) is 0 Å². The van der Waals surface area contributed by atoms with Crippen LogP contribution in [0.3, 0.4) is 0 Å². The van der Waals surface area contributed by atoms with E-state index in [0.29, 0.717) is 29.4 Å². The zero-order valence-corrected chi connectivity index (χ0v) is 18.5. The van der Waals surface area contributed by atoms with Crippen LogP contribution < -0.4 is 10.6 Å². The van der Waals surface area contributed by atoms with Crippen LogP contribution in [-0.4, -0.2) is 39.6 Å². The topological polar surface area (TPSA) is 87.2 Å². The summed E-state index contributed by atoms with van der Waals surface area (Å²) in [7, 11) is 0. The number of amides is 3. The third kappa shape index (κ3) is 5.42. The van der Waals surface area contributed by atoms with Crippen molar-refractivity contribution in [1.82, 2.24) is 15.1 Å². The molecule has 3 amide bonds. The van der Waals surface area contributed by atoms with E-state index in [4.69, 9.17) is 11.6 Å². The lowest BCUT2D eigenvalue weighted by Crippen LogP contribution is -2.45.